The van der Waals surface area contributed by atoms with Gasteiger partial charge in [0.1, 0.15) is 12.4 Å². The molecule has 5 nitrogen and oxygen atoms in total. The summed E-state index contributed by atoms with van der Waals surface area (Å²) in [5.74, 6) is 0.738. The van der Waals surface area contributed by atoms with Gasteiger partial charge in [0.2, 0.25) is 0 Å². The highest BCUT2D eigenvalue weighted by atomic mass is 16.5. The Morgan fingerprint density at radius 3 is 2.29 bits per heavy atom. The molecule has 0 saturated heterocycles. The molecule has 0 atom stereocenters. The number of ether oxygens (including phenoxy) is 1. The van der Waals surface area contributed by atoms with Crippen LogP contribution in [-0.2, 0) is 6.54 Å². The van der Waals surface area contributed by atoms with E-state index in [9.17, 15) is 4.79 Å². The highest BCUT2D eigenvalue weighted by Gasteiger charge is 2.07. The molecule has 1 N–H and O–H groups in total. The lowest BCUT2D eigenvalue weighted by molar-refractivity contribution is 0.0947. The second-order valence-electron chi connectivity index (χ2n) is 7.21. The van der Waals surface area contributed by atoms with Crippen molar-refractivity contribution >= 4 is 5.91 Å². The van der Waals surface area contributed by atoms with Crippen molar-refractivity contribution < 1.29 is 9.53 Å². The molecule has 1 aromatic heterocycles. The maximum atomic E-state index is 12.3. The van der Waals surface area contributed by atoms with Gasteiger partial charge in [-0.1, -0.05) is 18.2 Å². The Bertz CT molecular complexity index is 938. The summed E-state index contributed by atoms with van der Waals surface area (Å²) in [7, 11) is 0. The van der Waals surface area contributed by atoms with Crippen LogP contribution in [-0.4, -0.2) is 28.8 Å². The fourth-order valence-electron chi connectivity index (χ4n) is 3.22. The summed E-state index contributed by atoms with van der Waals surface area (Å²) in [6, 6.07) is 15.8. The van der Waals surface area contributed by atoms with Gasteiger partial charge in [0.25, 0.3) is 5.91 Å². The fourth-order valence-corrected chi connectivity index (χ4v) is 3.22. The third kappa shape index (κ3) is 5.22. The normalized spacial score (nSPS) is 10.7. The molecule has 0 aliphatic carbocycles. The van der Waals surface area contributed by atoms with Gasteiger partial charge in [0.15, 0.2) is 0 Å². The van der Waals surface area contributed by atoms with Crippen LogP contribution in [0.2, 0.25) is 0 Å². The van der Waals surface area contributed by atoms with Crippen LogP contribution < -0.4 is 10.1 Å². The minimum absolute atomic E-state index is 0.0957. The van der Waals surface area contributed by atoms with Gasteiger partial charge in [-0.15, -0.1) is 0 Å². The molecule has 0 radical (unpaired) electrons. The molecular formula is C23H27N3O2. The van der Waals surface area contributed by atoms with E-state index >= 15 is 0 Å². The standard InChI is InChI=1S/C23H27N3O2/c1-16-11-17(2)13-22(12-16)28-10-9-24-23(27)21-7-5-20(6-8-21)15-26-19(4)14-18(3)25-26/h5-8,11-14H,9-10,15H2,1-4H3,(H,24,27). The third-order valence-corrected chi connectivity index (χ3v) is 4.50. The highest BCUT2D eigenvalue weighted by molar-refractivity contribution is 5.94. The second kappa shape index (κ2) is 8.74. The summed E-state index contributed by atoms with van der Waals surface area (Å²) in [6.07, 6.45) is 0. The Morgan fingerprint density at radius 1 is 1.00 bits per heavy atom. The minimum atomic E-state index is -0.0957. The van der Waals surface area contributed by atoms with Gasteiger partial charge < -0.3 is 10.1 Å². The molecule has 0 fully saturated rings. The van der Waals surface area contributed by atoms with E-state index in [1.165, 1.54) is 11.1 Å². The van der Waals surface area contributed by atoms with E-state index in [-0.39, 0.29) is 5.91 Å². The maximum absolute atomic E-state index is 12.3. The molecule has 3 aromatic rings. The number of hydrogen-bond acceptors (Lipinski definition) is 3. The number of aryl methyl sites for hydroxylation is 4. The average Bonchev–Trinajstić information content (AvgIpc) is 2.95. The van der Waals surface area contributed by atoms with Gasteiger partial charge in [0.05, 0.1) is 18.8 Å². The number of nitrogens with zero attached hydrogens (tertiary/aromatic N) is 2. The molecule has 5 heteroatoms. The summed E-state index contributed by atoms with van der Waals surface area (Å²) >= 11 is 0. The van der Waals surface area contributed by atoms with Gasteiger partial charge in [-0.3, -0.25) is 9.48 Å². The first-order valence-electron chi connectivity index (χ1n) is 9.50. The molecule has 2 aromatic carbocycles. The largest absolute Gasteiger partial charge is 0.492 e. The number of rotatable bonds is 7. The van der Waals surface area contributed by atoms with Crippen molar-refractivity contribution in [3.63, 3.8) is 0 Å². The van der Waals surface area contributed by atoms with E-state index in [2.05, 4.69) is 22.5 Å². The Kier molecular flexibility index (Phi) is 6.14. The molecule has 0 bridgehead atoms. The number of hydrogen-bond donors (Lipinski definition) is 1. The van der Waals surface area contributed by atoms with Gasteiger partial charge in [-0.05, 0) is 74.7 Å². The van der Waals surface area contributed by atoms with Crippen molar-refractivity contribution in [2.24, 2.45) is 0 Å². The maximum Gasteiger partial charge on any atom is 0.251 e. The summed E-state index contributed by atoms with van der Waals surface area (Å²) in [5.41, 5.74) is 6.23. The Hall–Kier alpha value is -3.08. The number of benzene rings is 2. The zero-order valence-electron chi connectivity index (χ0n) is 17.0. The molecule has 3 rings (SSSR count). The first-order valence-corrected chi connectivity index (χ1v) is 9.50. The summed E-state index contributed by atoms with van der Waals surface area (Å²) in [4.78, 5) is 12.3. The fraction of sp³-hybridized carbons (Fsp3) is 0.304. The molecular weight excluding hydrogens is 350 g/mol. The second-order valence-corrected chi connectivity index (χ2v) is 7.21. The van der Waals surface area contributed by atoms with E-state index in [0.29, 0.717) is 25.3 Å². The van der Waals surface area contributed by atoms with Crippen molar-refractivity contribution in [1.29, 1.82) is 0 Å². The van der Waals surface area contributed by atoms with Crippen LogP contribution in [0.1, 0.15) is 38.4 Å². The SMILES string of the molecule is Cc1cc(C)cc(OCCNC(=O)c2ccc(Cn3nc(C)cc3C)cc2)c1. The summed E-state index contributed by atoms with van der Waals surface area (Å²) < 4.78 is 7.70. The number of nitrogens with one attached hydrogen (secondary N) is 1. The monoisotopic (exact) mass is 377 g/mol. The zero-order chi connectivity index (χ0) is 20.1. The number of carbonyl (C=O) groups excluding carboxylic acids is 1. The molecule has 0 unspecified atom stereocenters. The minimum Gasteiger partial charge on any atom is -0.492 e. The lowest BCUT2D eigenvalue weighted by Gasteiger charge is -2.10. The summed E-state index contributed by atoms with van der Waals surface area (Å²) in [5, 5.41) is 7.37. The number of aromatic nitrogens is 2. The average molecular weight is 377 g/mol. The predicted molar refractivity (Wildman–Crippen MR) is 111 cm³/mol. The molecule has 146 valence electrons. The van der Waals surface area contributed by atoms with Crippen molar-refractivity contribution in [2.75, 3.05) is 13.2 Å². The van der Waals surface area contributed by atoms with Crippen LogP contribution in [0.15, 0.2) is 48.5 Å². The van der Waals surface area contributed by atoms with E-state index in [4.69, 9.17) is 4.74 Å². The van der Waals surface area contributed by atoms with E-state index in [0.717, 1.165) is 22.7 Å². The lowest BCUT2D eigenvalue weighted by atomic mass is 10.1. The van der Waals surface area contributed by atoms with Crippen LogP contribution in [0.25, 0.3) is 0 Å². The smallest absolute Gasteiger partial charge is 0.251 e. The van der Waals surface area contributed by atoms with Crippen molar-refractivity contribution in [3.8, 4) is 5.75 Å². The van der Waals surface area contributed by atoms with E-state index in [1.807, 2.05) is 68.8 Å². The topological polar surface area (TPSA) is 56.1 Å². The Labute approximate surface area is 166 Å². The molecule has 0 aliphatic heterocycles. The molecule has 0 spiro atoms. The van der Waals surface area contributed by atoms with E-state index < -0.39 is 0 Å². The Balaban J connectivity index is 1.48. The van der Waals surface area contributed by atoms with Crippen LogP contribution in [0.3, 0.4) is 0 Å². The molecule has 28 heavy (non-hydrogen) atoms. The molecule has 0 aliphatic rings. The highest BCUT2D eigenvalue weighted by Crippen LogP contribution is 2.16. The molecule has 1 heterocycles. The Morgan fingerprint density at radius 2 is 1.68 bits per heavy atom. The van der Waals surface area contributed by atoms with Crippen LogP contribution >= 0.6 is 0 Å². The number of amides is 1. The first kappa shape index (κ1) is 19.7. The molecule has 0 saturated carbocycles. The summed E-state index contributed by atoms with van der Waals surface area (Å²) in [6.45, 7) is 9.71. The zero-order valence-corrected chi connectivity index (χ0v) is 17.0. The lowest BCUT2D eigenvalue weighted by Crippen LogP contribution is -2.28. The number of carbonyl (C=O) groups is 1. The van der Waals surface area contributed by atoms with Gasteiger partial charge >= 0.3 is 0 Å². The van der Waals surface area contributed by atoms with E-state index in [1.54, 1.807) is 0 Å². The third-order valence-electron chi connectivity index (χ3n) is 4.50. The predicted octanol–water partition coefficient (Wildman–Crippen LogP) is 3.97. The van der Waals surface area contributed by atoms with Crippen LogP contribution in [0.4, 0.5) is 0 Å². The van der Waals surface area contributed by atoms with Crippen LogP contribution in [0.5, 0.6) is 5.75 Å². The van der Waals surface area contributed by atoms with Crippen molar-refractivity contribution in [3.05, 3.63) is 82.2 Å². The molecule has 1 amide bonds. The van der Waals surface area contributed by atoms with Gasteiger partial charge in [-0.2, -0.15) is 5.10 Å². The first-order chi connectivity index (χ1) is 13.4. The quantitative estimate of drug-likeness (QED) is 0.634. The van der Waals surface area contributed by atoms with Crippen LogP contribution in [0, 0.1) is 27.7 Å². The van der Waals surface area contributed by atoms with Gasteiger partial charge in [0, 0.05) is 11.3 Å². The van der Waals surface area contributed by atoms with Gasteiger partial charge in [-0.25, -0.2) is 0 Å². The van der Waals surface area contributed by atoms with Crippen molar-refractivity contribution in [2.45, 2.75) is 34.2 Å². The van der Waals surface area contributed by atoms with Crippen molar-refractivity contribution in [1.82, 2.24) is 15.1 Å².